The van der Waals surface area contributed by atoms with Crippen LogP contribution in [0.4, 0.5) is 5.13 Å². The van der Waals surface area contributed by atoms with Crippen LogP contribution in [-0.2, 0) is 4.79 Å². The number of aromatic nitrogens is 1. The lowest BCUT2D eigenvalue weighted by atomic mass is 10.1. The normalized spacial score (nSPS) is 13.8. The van der Waals surface area contributed by atoms with E-state index in [2.05, 4.69) is 15.6 Å². The maximum absolute atomic E-state index is 11.6. The van der Waals surface area contributed by atoms with Crippen molar-refractivity contribution >= 4 is 39.7 Å². The highest BCUT2D eigenvalue weighted by Crippen LogP contribution is 2.30. The van der Waals surface area contributed by atoms with Crippen molar-refractivity contribution in [3.63, 3.8) is 0 Å². The minimum Gasteiger partial charge on any atom is -0.308 e. The van der Waals surface area contributed by atoms with Crippen LogP contribution in [0.25, 0.3) is 11.3 Å². The third-order valence-electron chi connectivity index (χ3n) is 3.25. The molecule has 6 heteroatoms. The minimum absolute atomic E-state index is 0.00376. The number of hydrogen-bond donors (Lipinski definition) is 2. The van der Waals surface area contributed by atoms with Crippen LogP contribution >= 0.6 is 23.6 Å². The van der Waals surface area contributed by atoms with Crippen molar-refractivity contribution < 1.29 is 4.79 Å². The quantitative estimate of drug-likeness (QED) is 0.853. The second kappa shape index (κ2) is 5.91. The molecule has 0 bridgehead atoms. The summed E-state index contributed by atoms with van der Waals surface area (Å²) >= 11 is 6.68. The van der Waals surface area contributed by atoms with E-state index in [0.29, 0.717) is 10.2 Å². The summed E-state index contributed by atoms with van der Waals surface area (Å²) in [4.78, 5) is 17.3. The van der Waals surface area contributed by atoms with Gasteiger partial charge in [-0.2, -0.15) is 0 Å². The number of nitrogens with one attached hydrogen (secondary N) is 2. The Morgan fingerprint density at radius 3 is 2.71 bits per heavy atom. The van der Waals surface area contributed by atoms with Crippen LogP contribution in [0.15, 0.2) is 30.3 Å². The Hall–Kier alpha value is -1.79. The molecule has 0 spiro atoms. The molecule has 108 valence electrons. The Morgan fingerprint density at radius 2 is 2.05 bits per heavy atom. The molecule has 1 aliphatic rings. The summed E-state index contributed by atoms with van der Waals surface area (Å²) in [5.41, 5.74) is 2.02. The zero-order chi connectivity index (χ0) is 14.8. The van der Waals surface area contributed by atoms with Gasteiger partial charge in [-0.3, -0.25) is 4.79 Å². The van der Waals surface area contributed by atoms with Gasteiger partial charge in [-0.05, 0) is 32.0 Å². The lowest BCUT2D eigenvalue weighted by Crippen LogP contribution is -2.35. The third-order valence-corrected chi connectivity index (χ3v) is 4.34. The molecule has 0 aliphatic heterocycles. The molecule has 0 unspecified atom stereocenters. The molecular formula is C15H15N3OS2. The van der Waals surface area contributed by atoms with E-state index in [9.17, 15) is 4.79 Å². The number of thiocarbonyl (C=S) groups is 1. The van der Waals surface area contributed by atoms with E-state index >= 15 is 0 Å². The smallest absolute Gasteiger partial charge is 0.229 e. The van der Waals surface area contributed by atoms with E-state index < -0.39 is 0 Å². The molecule has 0 atom stereocenters. The van der Waals surface area contributed by atoms with Crippen LogP contribution in [0.3, 0.4) is 0 Å². The van der Waals surface area contributed by atoms with Gasteiger partial charge in [-0.1, -0.05) is 30.3 Å². The number of amides is 1. The first kappa shape index (κ1) is 14.2. The van der Waals surface area contributed by atoms with Gasteiger partial charge in [0.25, 0.3) is 0 Å². The molecule has 1 aromatic heterocycles. The number of benzene rings is 1. The van der Waals surface area contributed by atoms with E-state index in [0.717, 1.165) is 29.0 Å². The summed E-state index contributed by atoms with van der Waals surface area (Å²) in [5, 5.41) is 6.72. The second-order valence-electron chi connectivity index (χ2n) is 5.01. The largest absolute Gasteiger partial charge is 0.308 e. The molecular weight excluding hydrogens is 302 g/mol. The number of hydrogen-bond acceptors (Lipinski definition) is 4. The molecule has 1 fully saturated rings. The van der Waals surface area contributed by atoms with E-state index in [1.54, 1.807) is 0 Å². The van der Waals surface area contributed by atoms with Crippen molar-refractivity contribution in [1.82, 2.24) is 10.3 Å². The van der Waals surface area contributed by atoms with Gasteiger partial charge >= 0.3 is 0 Å². The minimum atomic E-state index is 0.00376. The summed E-state index contributed by atoms with van der Waals surface area (Å²) in [7, 11) is 0. The first-order valence-electron chi connectivity index (χ1n) is 6.78. The second-order valence-corrected chi connectivity index (χ2v) is 6.62. The predicted molar refractivity (Wildman–Crippen MR) is 89.4 cm³/mol. The fourth-order valence-corrected chi connectivity index (χ4v) is 3.10. The van der Waals surface area contributed by atoms with Crippen molar-refractivity contribution in [3.05, 3.63) is 35.2 Å². The highest BCUT2D eigenvalue weighted by atomic mass is 32.1. The molecule has 1 amide bonds. The van der Waals surface area contributed by atoms with Crippen molar-refractivity contribution in [3.8, 4) is 11.3 Å². The summed E-state index contributed by atoms with van der Waals surface area (Å²) in [5.74, 6) is 0.145. The molecule has 2 aromatic rings. The van der Waals surface area contributed by atoms with Gasteiger partial charge in [-0.25, -0.2) is 4.98 Å². The molecule has 1 aromatic carbocycles. The molecule has 3 rings (SSSR count). The molecule has 2 N–H and O–H groups in total. The zero-order valence-corrected chi connectivity index (χ0v) is 13.2. The number of anilines is 1. The van der Waals surface area contributed by atoms with E-state index in [-0.39, 0.29) is 11.8 Å². The number of nitrogens with zero attached hydrogens (tertiary/aromatic N) is 1. The summed E-state index contributed by atoms with van der Waals surface area (Å²) in [6, 6.07) is 10.0. The summed E-state index contributed by atoms with van der Waals surface area (Å²) in [6.07, 6.45) is 1.92. The monoisotopic (exact) mass is 317 g/mol. The topological polar surface area (TPSA) is 54.0 Å². The van der Waals surface area contributed by atoms with Gasteiger partial charge in [0.05, 0.1) is 5.69 Å². The van der Waals surface area contributed by atoms with E-state index in [1.807, 2.05) is 37.3 Å². The number of carbonyl (C=O) groups excluding carboxylic acids is 1. The Morgan fingerprint density at radius 1 is 1.33 bits per heavy atom. The Bertz CT molecular complexity index is 677. The number of carbonyl (C=O) groups is 1. The fraction of sp³-hybridized carbons (Fsp3) is 0.267. The van der Waals surface area contributed by atoms with Crippen molar-refractivity contribution in [1.29, 1.82) is 0 Å². The van der Waals surface area contributed by atoms with Gasteiger partial charge in [0.15, 0.2) is 10.2 Å². The van der Waals surface area contributed by atoms with Crippen LogP contribution in [0.5, 0.6) is 0 Å². The maximum Gasteiger partial charge on any atom is 0.229 e. The van der Waals surface area contributed by atoms with Gasteiger partial charge in [-0.15, -0.1) is 11.3 Å². The standard InChI is InChI=1S/C15H15N3OS2/c1-9-12(10-5-3-2-4-6-10)16-15(21-9)18-14(20)17-13(19)11-7-8-11/h2-6,11H,7-8H2,1H3,(H2,16,17,18,19,20). The summed E-state index contributed by atoms with van der Waals surface area (Å²) < 4.78 is 0. The molecule has 0 radical (unpaired) electrons. The lowest BCUT2D eigenvalue weighted by Gasteiger charge is -2.05. The van der Waals surface area contributed by atoms with Gasteiger partial charge in [0.2, 0.25) is 5.91 Å². The molecule has 4 nitrogen and oxygen atoms in total. The molecule has 1 saturated carbocycles. The van der Waals surface area contributed by atoms with Gasteiger partial charge in [0.1, 0.15) is 0 Å². The molecule has 1 aliphatic carbocycles. The van der Waals surface area contributed by atoms with Crippen molar-refractivity contribution in [2.45, 2.75) is 19.8 Å². The highest BCUT2D eigenvalue weighted by Gasteiger charge is 2.30. The van der Waals surface area contributed by atoms with Crippen molar-refractivity contribution in [2.24, 2.45) is 5.92 Å². The van der Waals surface area contributed by atoms with Crippen molar-refractivity contribution in [2.75, 3.05) is 5.32 Å². The zero-order valence-electron chi connectivity index (χ0n) is 11.6. The Kier molecular flexibility index (Phi) is 3.98. The maximum atomic E-state index is 11.6. The Labute approximate surface area is 132 Å². The van der Waals surface area contributed by atoms with Gasteiger partial charge in [0, 0.05) is 16.4 Å². The lowest BCUT2D eigenvalue weighted by molar-refractivity contribution is -0.120. The highest BCUT2D eigenvalue weighted by molar-refractivity contribution is 7.80. The van der Waals surface area contributed by atoms with Crippen LogP contribution in [-0.4, -0.2) is 16.0 Å². The van der Waals surface area contributed by atoms with Crippen LogP contribution in [0, 0.1) is 12.8 Å². The Balaban J connectivity index is 1.69. The number of thiazole rings is 1. The fourth-order valence-electron chi connectivity index (χ4n) is 2.00. The predicted octanol–water partition coefficient (Wildman–Crippen LogP) is 3.34. The average molecular weight is 317 g/mol. The third kappa shape index (κ3) is 3.46. The summed E-state index contributed by atoms with van der Waals surface area (Å²) in [6.45, 7) is 2.02. The van der Waals surface area contributed by atoms with Crippen LogP contribution in [0.1, 0.15) is 17.7 Å². The molecule has 0 saturated heterocycles. The van der Waals surface area contributed by atoms with E-state index in [4.69, 9.17) is 12.2 Å². The van der Waals surface area contributed by atoms with Crippen LogP contribution < -0.4 is 10.6 Å². The average Bonchev–Trinajstić information content (AvgIpc) is 3.24. The molecule has 1 heterocycles. The van der Waals surface area contributed by atoms with Gasteiger partial charge < -0.3 is 10.6 Å². The molecule has 21 heavy (non-hydrogen) atoms. The number of rotatable bonds is 3. The first-order chi connectivity index (χ1) is 10.1. The SMILES string of the molecule is Cc1sc(NC(=S)NC(=O)C2CC2)nc1-c1ccccc1. The van der Waals surface area contributed by atoms with Crippen LogP contribution in [0.2, 0.25) is 0 Å². The van der Waals surface area contributed by atoms with E-state index in [1.165, 1.54) is 11.3 Å². The number of aryl methyl sites for hydroxylation is 1. The first-order valence-corrected chi connectivity index (χ1v) is 8.00.